The fraction of sp³-hybridized carbons (Fsp3) is 0.750. The number of carbonyl (C=O) groups excluding carboxylic acids is 2. The van der Waals surface area contributed by atoms with E-state index in [1.807, 2.05) is 0 Å². The second kappa shape index (κ2) is 4.50. The predicted octanol–water partition coefficient (Wildman–Crippen LogP) is 0.496. The van der Waals surface area contributed by atoms with E-state index in [4.69, 9.17) is 0 Å². The van der Waals surface area contributed by atoms with Crippen LogP contribution in [-0.4, -0.2) is 35.4 Å². The van der Waals surface area contributed by atoms with Crippen LogP contribution >= 0.6 is 12.6 Å². The van der Waals surface area contributed by atoms with Gasteiger partial charge in [0.2, 0.25) is 5.91 Å². The lowest BCUT2D eigenvalue weighted by Gasteiger charge is -2.19. The average molecular weight is 187 g/mol. The SMILES string of the molecule is O=C[C@@H]1CCCN1C(=O)CCS. The van der Waals surface area contributed by atoms with Crippen molar-refractivity contribution in [3.05, 3.63) is 0 Å². The second-order valence-corrected chi connectivity index (χ2v) is 3.35. The molecule has 1 rings (SSSR count). The van der Waals surface area contributed by atoms with Crippen LogP contribution in [0.2, 0.25) is 0 Å². The van der Waals surface area contributed by atoms with Crippen molar-refractivity contribution in [3.63, 3.8) is 0 Å². The fourth-order valence-electron chi connectivity index (χ4n) is 1.48. The van der Waals surface area contributed by atoms with Gasteiger partial charge in [-0.2, -0.15) is 12.6 Å². The Morgan fingerprint density at radius 3 is 3.00 bits per heavy atom. The fourth-order valence-corrected chi connectivity index (χ4v) is 1.67. The monoisotopic (exact) mass is 187 g/mol. The molecule has 68 valence electrons. The van der Waals surface area contributed by atoms with Gasteiger partial charge in [-0.05, 0) is 18.6 Å². The third-order valence-corrected chi connectivity index (χ3v) is 2.33. The minimum Gasteiger partial charge on any atom is -0.333 e. The van der Waals surface area contributed by atoms with E-state index in [-0.39, 0.29) is 11.9 Å². The summed E-state index contributed by atoms with van der Waals surface area (Å²) in [6.07, 6.45) is 3.07. The highest BCUT2D eigenvalue weighted by atomic mass is 32.1. The molecular formula is C8H13NO2S. The average Bonchev–Trinajstić information content (AvgIpc) is 2.51. The summed E-state index contributed by atoms with van der Waals surface area (Å²) in [6.45, 7) is 0.732. The van der Waals surface area contributed by atoms with Crippen LogP contribution in [0.15, 0.2) is 0 Å². The van der Waals surface area contributed by atoms with E-state index >= 15 is 0 Å². The van der Waals surface area contributed by atoms with Crippen LogP contribution in [0.4, 0.5) is 0 Å². The molecule has 4 heteroatoms. The summed E-state index contributed by atoms with van der Waals surface area (Å²) in [6, 6.07) is -0.169. The largest absolute Gasteiger partial charge is 0.333 e. The molecule has 1 aliphatic heterocycles. The van der Waals surface area contributed by atoms with Gasteiger partial charge in [0.1, 0.15) is 6.29 Å². The highest BCUT2D eigenvalue weighted by Gasteiger charge is 2.27. The van der Waals surface area contributed by atoms with Gasteiger partial charge < -0.3 is 9.69 Å². The summed E-state index contributed by atoms with van der Waals surface area (Å²) in [4.78, 5) is 23.5. The lowest BCUT2D eigenvalue weighted by Crippen LogP contribution is -2.36. The number of rotatable bonds is 3. The number of carbonyl (C=O) groups is 2. The van der Waals surface area contributed by atoms with Crippen molar-refractivity contribution < 1.29 is 9.59 Å². The van der Waals surface area contributed by atoms with Gasteiger partial charge in [0, 0.05) is 13.0 Å². The summed E-state index contributed by atoms with van der Waals surface area (Å²) in [7, 11) is 0. The van der Waals surface area contributed by atoms with Crippen LogP contribution in [0.3, 0.4) is 0 Å². The van der Waals surface area contributed by atoms with Gasteiger partial charge >= 0.3 is 0 Å². The van der Waals surface area contributed by atoms with Crippen molar-refractivity contribution in [1.29, 1.82) is 0 Å². The van der Waals surface area contributed by atoms with Gasteiger partial charge in [0.05, 0.1) is 6.04 Å². The van der Waals surface area contributed by atoms with Crippen molar-refractivity contribution in [1.82, 2.24) is 4.90 Å². The molecule has 3 nitrogen and oxygen atoms in total. The zero-order valence-corrected chi connectivity index (χ0v) is 7.80. The quantitative estimate of drug-likeness (QED) is 0.516. The van der Waals surface area contributed by atoms with Crippen LogP contribution in [-0.2, 0) is 9.59 Å². The Kier molecular flexibility index (Phi) is 3.59. The summed E-state index contributed by atoms with van der Waals surface area (Å²) in [5.41, 5.74) is 0. The molecule has 1 saturated heterocycles. The van der Waals surface area contributed by atoms with Gasteiger partial charge in [0.25, 0.3) is 0 Å². The highest BCUT2D eigenvalue weighted by Crippen LogP contribution is 2.16. The molecule has 1 heterocycles. The molecule has 0 aromatic rings. The van der Waals surface area contributed by atoms with Crippen LogP contribution < -0.4 is 0 Å². The van der Waals surface area contributed by atoms with Crippen molar-refractivity contribution in [2.45, 2.75) is 25.3 Å². The molecule has 0 unspecified atom stereocenters. The molecule has 0 saturated carbocycles. The van der Waals surface area contributed by atoms with E-state index in [1.54, 1.807) is 4.90 Å². The first-order chi connectivity index (χ1) is 5.79. The van der Waals surface area contributed by atoms with Crippen molar-refractivity contribution in [2.75, 3.05) is 12.3 Å². The van der Waals surface area contributed by atoms with Crippen molar-refractivity contribution in [2.24, 2.45) is 0 Å². The standard InChI is InChI=1S/C8H13NO2S/c10-6-7-2-1-4-9(7)8(11)3-5-12/h6-7,12H,1-5H2/t7-/m0/s1. The third-order valence-electron chi connectivity index (χ3n) is 2.10. The normalized spacial score (nSPS) is 22.8. The first kappa shape index (κ1) is 9.58. The zero-order valence-electron chi connectivity index (χ0n) is 6.90. The number of aldehydes is 1. The van der Waals surface area contributed by atoms with E-state index in [0.717, 1.165) is 25.7 Å². The molecule has 1 atom stereocenters. The van der Waals surface area contributed by atoms with Crippen molar-refractivity contribution >= 4 is 24.8 Å². The minimum atomic E-state index is -0.169. The predicted molar refractivity (Wildman–Crippen MR) is 49.3 cm³/mol. The molecular weight excluding hydrogens is 174 g/mol. The van der Waals surface area contributed by atoms with Gasteiger partial charge in [0.15, 0.2) is 0 Å². The summed E-state index contributed by atoms with van der Waals surface area (Å²) < 4.78 is 0. The lowest BCUT2D eigenvalue weighted by molar-refractivity contribution is -0.134. The van der Waals surface area contributed by atoms with E-state index in [9.17, 15) is 9.59 Å². The number of amides is 1. The molecule has 1 aliphatic rings. The topological polar surface area (TPSA) is 37.4 Å². The summed E-state index contributed by atoms with van der Waals surface area (Å²) in [5.74, 6) is 0.612. The smallest absolute Gasteiger partial charge is 0.223 e. The molecule has 0 aliphatic carbocycles. The third kappa shape index (κ3) is 2.00. The number of thiol groups is 1. The Bertz CT molecular complexity index is 184. The van der Waals surface area contributed by atoms with Gasteiger partial charge in [-0.15, -0.1) is 0 Å². The molecule has 0 aromatic carbocycles. The lowest BCUT2D eigenvalue weighted by atomic mass is 10.2. The van der Waals surface area contributed by atoms with Gasteiger partial charge in [-0.25, -0.2) is 0 Å². The molecule has 12 heavy (non-hydrogen) atoms. The van der Waals surface area contributed by atoms with E-state index in [2.05, 4.69) is 12.6 Å². The molecule has 0 N–H and O–H groups in total. The Morgan fingerprint density at radius 1 is 1.67 bits per heavy atom. The molecule has 0 spiro atoms. The van der Waals surface area contributed by atoms with Crippen LogP contribution in [0.1, 0.15) is 19.3 Å². The Labute approximate surface area is 77.5 Å². The van der Waals surface area contributed by atoms with E-state index in [0.29, 0.717) is 12.2 Å². The molecule has 1 amide bonds. The molecule has 0 radical (unpaired) electrons. The zero-order chi connectivity index (χ0) is 8.97. The maximum Gasteiger partial charge on any atom is 0.223 e. The van der Waals surface area contributed by atoms with E-state index in [1.165, 1.54) is 0 Å². The molecule has 0 bridgehead atoms. The highest BCUT2D eigenvalue weighted by molar-refractivity contribution is 7.80. The Hall–Kier alpha value is -0.510. The molecule has 0 aromatic heterocycles. The maximum atomic E-state index is 11.3. The maximum absolute atomic E-state index is 11.3. The van der Waals surface area contributed by atoms with Gasteiger partial charge in [-0.1, -0.05) is 0 Å². The Balaban J connectivity index is 2.49. The summed E-state index contributed by atoms with van der Waals surface area (Å²) >= 11 is 3.98. The number of likely N-dealkylation sites (tertiary alicyclic amines) is 1. The van der Waals surface area contributed by atoms with Crippen LogP contribution in [0, 0.1) is 0 Å². The van der Waals surface area contributed by atoms with Crippen LogP contribution in [0.25, 0.3) is 0 Å². The first-order valence-corrected chi connectivity index (χ1v) is 4.78. The molecule has 1 fully saturated rings. The first-order valence-electron chi connectivity index (χ1n) is 4.15. The van der Waals surface area contributed by atoms with Gasteiger partial charge in [-0.3, -0.25) is 4.79 Å². The minimum absolute atomic E-state index is 0.0552. The van der Waals surface area contributed by atoms with Crippen molar-refractivity contribution in [3.8, 4) is 0 Å². The number of nitrogens with zero attached hydrogens (tertiary/aromatic N) is 1. The van der Waals surface area contributed by atoms with Crippen LogP contribution in [0.5, 0.6) is 0 Å². The number of hydrogen-bond acceptors (Lipinski definition) is 3. The summed E-state index contributed by atoms with van der Waals surface area (Å²) in [5, 5.41) is 0. The van der Waals surface area contributed by atoms with E-state index < -0.39 is 0 Å². The second-order valence-electron chi connectivity index (χ2n) is 2.91. The number of hydrogen-bond donors (Lipinski definition) is 1. The Morgan fingerprint density at radius 2 is 2.42 bits per heavy atom.